The van der Waals surface area contributed by atoms with Gasteiger partial charge < -0.3 is 15.5 Å². The van der Waals surface area contributed by atoms with Crippen molar-refractivity contribution in [2.75, 3.05) is 20.1 Å². The third kappa shape index (κ3) is 4.94. The first-order valence-electron chi connectivity index (χ1n) is 6.24. The second-order valence-corrected chi connectivity index (χ2v) is 5.05. The van der Waals surface area contributed by atoms with Gasteiger partial charge in [-0.15, -0.1) is 0 Å². The summed E-state index contributed by atoms with van der Waals surface area (Å²) in [6.45, 7) is 7.76. The Morgan fingerprint density at radius 3 is 2.50 bits per heavy atom. The summed E-state index contributed by atoms with van der Waals surface area (Å²) >= 11 is 0. The van der Waals surface area contributed by atoms with Crippen LogP contribution in [0.2, 0.25) is 0 Å². The van der Waals surface area contributed by atoms with Gasteiger partial charge in [-0.05, 0) is 40.7 Å². The molecule has 4 nitrogen and oxygen atoms in total. The summed E-state index contributed by atoms with van der Waals surface area (Å²) in [6, 6.07) is 0.905. The molecule has 0 aliphatic heterocycles. The average Bonchev–Trinajstić information content (AvgIpc) is 2.99. The minimum atomic E-state index is -0.102. The number of carbonyl (C=O) groups excluding carboxylic acids is 1. The number of hydrogen-bond acceptors (Lipinski definition) is 3. The lowest BCUT2D eigenvalue weighted by Gasteiger charge is -2.19. The van der Waals surface area contributed by atoms with Crippen LogP contribution in [0.15, 0.2) is 0 Å². The molecular weight excluding hydrogens is 202 g/mol. The molecular formula is C12H25N3O. The second-order valence-electron chi connectivity index (χ2n) is 5.05. The number of hydrogen-bond donors (Lipinski definition) is 2. The monoisotopic (exact) mass is 227 g/mol. The summed E-state index contributed by atoms with van der Waals surface area (Å²) in [5.41, 5.74) is 0. The van der Waals surface area contributed by atoms with E-state index in [1.807, 2.05) is 20.8 Å². The van der Waals surface area contributed by atoms with E-state index in [1.165, 1.54) is 12.8 Å². The molecule has 4 heteroatoms. The molecule has 0 aromatic carbocycles. The zero-order valence-electron chi connectivity index (χ0n) is 10.9. The summed E-state index contributed by atoms with van der Waals surface area (Å²) in [4.78, 5) is 13.9. The van der Waals surface area contributed by atoms with Gasteiger partial charge in [-0.25, -0.2) is 0 Å². The SMILES string of the molecule is CC(C)NC(=O)C(C)NCCN(C)C1CC1. The number of carbonyl (C=O) groups is 1. The van der Waals surface area contributed by atoms with Crippen LogP contribution in [0.4, 0.5) is 0 Å². The Balaban J connectivity index is 2.08. The first kappa shape index (κ1) is 13.5. The summed E-state index contributed by atoms with van der Waals surface area (Å²) in [5.74, 6) is 0.0871. The van der Waals surface area contributed by atoms with E-state index in [4.69, 9.17) is 0 Å². The van der Waals surface area contributed by atoms with Gasteiger partial charge >= 0.3 is 0 Å². The van der Waals surface area contributed by atoms with Crippen molar-refractivity contribution in [1.82, 2.24) is 15.5 Å². The van der Waals surface area contributed by atoms with Crippen molar-refractivity contribution >= 4 is 5.91 Å². The van der Waals surface area contributed by atoms with E-state index in [2.05, 4.69) is 22.6 Å². The van der Waals surface area contributed by atoms with Crippen molar-refractivity contribution in [3.8, 4) is 0 Å². The van der Waals surface area contributed by atoms with E-state index >= 15 is 0 Å². The number of nitrogens with zero attached hydrogens (tertiary/aromatic N) is 1. The molecule has 1 aliphatic rings. The highest BCUT2D eigenvalue weighted by molar-refractivity contribution is 5.81. The minimum Gasteiger partial charge on any atom is -0.353 e. The zero-order chi connectivity index (χ0) is 12.1. The highest BCUT2D eigenvalue weighted by Gasteiger charge is 2.25. The minimum absolute atomic E-state index is 0.0871. The summed E-state index contributed by atoms with van der Waals surface area (Å²) < 4.78 is 0. The maximum atomic E-state index is 11.6. The number of rotatable bonds is 7. The van der Waals surface area contributed by atoms with Gasteiger partial charge in [0, 0.05) is 25.2 Å². The van der Waals surface area contributed by atoms with Crippen LogP contribution in [0.5, 0.6) is 0 Å². The topological polar surface area (TPSA) is 44.4 Å². The fourth-order valence-electron chi connectivity index (χ4n) is 1.66. The van der Waals surface area contributed by atoms with Gasteiger partial charge in [0.1, 0.15) is 0 Å². The molecule has 0 bridgehead atoms. The van der Waals surface area contributed by atoms with Gasteiger partial charge in [0.05, 0.1) is 6.04 Å². The Bertz CT molecular complexity index is 226. The Kier molecular flexibility index (Phi) is 5.22. The van der Waals surface area contributed by atoms with Crippen molar-refractivity contribution in [2.24, 2.45) is 0 Å². The first-order valence-corrected chi connectivity index (χ1v) is 6.24. The Morgan fingerprint density at radius 2 is 2.00 bits per heavy atom. The summed E-state index contributed by atoms with van der Waals surface area (Å²) in [7, 11) is 2.15. The molecule has 1 rings (SSSR count). The Morgan fingerprint density at radius 1 is 1.38 bits per heavy atom. The van der Waals surface area contributed by atoms with Crippen molar-refractivity contribution in [3.05, 3.63) is 0 Å². The maximum Gasteiger partial charge on any atom is 0.237 e. The Hall–Kier alpha value is -0.610. The van der Waals surface area contributed by atoms with Gasteiger partial charge in [-0.1, -0.05) is 0 Å². The fraction of sp³-hybridized carbons (Fsp3) is 0.917. The third-order valence-electron chi connectivity index (χ3n) is 2.91. The maximum absolute atomic E-state index is 11.6. The van der Waals surface area contributed by atoms with Crippen molar-refractivity contribution in [1.29, 1.82) is 0 Å². The molecule has 0 aromatic heterocycles. The lowest BCUT2D eigenvalue weighted by Crippen LogP contribution is -2.46. The average molecular weight is 227 g/mol. The quantitative estimate of drug-likeness (QED) is 0.669. The second kappa shape index (κ2) is 6.21. The van der Waals surface area contributed by atoms with Crippen molar-refractivity contribution < 1.29 is 4.79 Å². The van der Waals surface area contributed by atoms with E-state index < -0.39 is 0 Å². The fourth-order valence-corrected chi connectivity index (χ4v) is 1.66. The molecule has 16 heavy (non-hydrogen) atoms. The van der Waals surface area contributed by atoms with Crippen LogP contribution in [-0.4, -0.2) is 49.1 Å². The lowest BCUT2D eigenvalue weighted by molar-refractivity contribution is -0.123. The molecule has 0 aromatic rings. The smallest absolute Gasteiger partial charge is 0.237 e. The largest absolute Gasteiger partial charge is 0.353 e. The molecule has 1 amide bonds. The van der Waals surface area contributed by atoms with Crippen molar-refractivity contribution in [3.63, 3.8) is 0 Å². The van der Waals surface area contributed by atoms with Gasteiger partial charge in [0.25, 0.3) is 0 Å². The van der Waals surface area contributed by atoms with Gasteiger partial charge in [0.15, 0.2) is 0 Å². The molecule has 1 atom stereocenters. The molecule has 0 heterocycles. The van der Waals surface area contributed by atoms with E-state index in [0.29, 0.717) is 0 Å². The highest BCUT2D eigenvalue weighted by atomic mass is 16.2. The van der Waals surface area contributed by atoms with Crippen LogP contribution < -0.4 is 10.6 Å². The predicted octanol–water partition coefficient (Wildman–Crippen LogP) is 0.583. The van der Waals surface area contributed by atoms with E-state index in [-0.39, 0.29) is 18.0 Å². The van der Waals surface area contributed by atoms with E-state index in [0.717, 1.165) is 19.1 Å². The number of likely N-dealkylation sites (N-methyl/N-ethyl adjacent to an activating group) is 1. The van der Waals surface area contributed by atoms with E-state index in [1.54, 1.807) is 0 Å². The summed E-state index contributed by atoms with van der Waals surface area (Å²) in [6.07, 6.45) is 2.67. The number of nitrogens with one attached hydrogen (secondary N) is 2. The molecule has 1 unspecified atom stereocenters. The first-order chi connectivity index (χ1) is 7.50. The standard InChI is InChI=1S/C12H25N3O/c1-9(2)14-12(16)10(3)13-7-8-15(4)11-5-6-11/h9-11,13H,5-8H2,1-4H3,(H,14,16). The van der Waals surface area contributed by atoms with Gasteiger partial charge in [0.2, 0.25) is 5.91 Å². The van der Waals surface area contributed by atoms with Crippen LogP contribution in [0.1, 0.15) is 33.6 Å². The lowest BCUT2D eigenvalue weighted by atomic mass is 10.3. The highest BCUT2D eigenvalue weighted by Crippen LogP contribution is 2.24. The van der Waals surface area contributed by atoms with Gasteiger partial charge in [-0.2, -0.15) is 0 Å². The number of amides is 1. The molecule has 2 N–H and O–H groups in total. The third-order valence-corrected chi connectivity index (χ3v) is 2.91. The van der Waals surface area contributed by atoms with Crippen LogP contribution in [0.25, 0.3) is 0 Å². The molecule has 1 fully saturated rings. The summed E-state index contributed by atoms with van der Waals surface area (Å²) in [5, 5.41) is 6.15. The molecule has 0 saturated heterocycles. The van der Waals surface area contributed by atoms with Crippen LogP contribution in [0.3, 0.4) is 0 Å². The van der Waals surface area contributed by atoms with Crippen LogP contribution >= 0.6 is 0 Å². The van der Waals surface area contributed by atoms with Crippen molar-refractivity contribution in [2.45, 2.75) is 51.7 Å². The normalized spacial score (nSPS) is 17.9. The predicted molar refractivity (Wildman–Crippen MR) is 66.4 cm³/mol. The molecule has 1 saturated carbocycles. The molecule has 0 spiro atoms. The van der Waals surface area contributed by atoms with Crippen LogP contribution in [0, 0.1) is 0 Å². The zero-order valence-corrected chi connectivity index (χ0v) is 10.9. The molecule has 1 aliphatic carbocycles. The molecule has 0 radical (unpaired) electrons. The van der Waals surface area contributed by atoms with Gasteiger partial charge in [-0.3, -0.25) is 4.79 Å². The van der Waals surface area contributed by atoms with Crippen LogP contribution in [-0.2, 0) is 4.79 Å². The van der Waals surface area contributed by atoms with E-state index in [9.17, 15) is 4.79 Å². The Labute approximate surface area is 98.8 Å². The molecule has 94 valence electrons.